The molecule has 4 nitrogen and oxygen atoms in total. The van der Waals surface area contributed by atoms with Crippen molar-refractivity contribution in [2.75, 3.05) is 0 Å². The van der Waals surface area contributed by atoms with E-state index in [4.69, 9.17) is 38.5 Å². The highest BCUT2D eigenvalue weighted by Crippen LogP contribution is 2.13. The molecule has 0 aromatic carbocycles. The maximum absolute atomic E-state index is 11.7. The van der Waals surface area contributed by atoms with Crippen molar-refractivity contribution in [2.24, 2.45) is 0 Å². The van der Waals surface area contributed by atoms with Crippen molar-refractivity contribution in [1.82, 2.24) is 0 Å². The summed E-state index contributed by atoms with van der Waals surface area (Å²) >= 11 is 0. The zero-order chi connectivity index (χ0) is 15.2. The highest BCUT2D eigenvalue weighted by molar-refractivity contribution is 7.84. The fourth-order valence-corrected chi connectivity index (χ4v) is 5.26. The molecule has 0 fully saturated rings. The van der Waals surface area contributed by atoms with Crippen LogP contribution >= 0.6 is 0 Å². The van der Waals surface area contributed by atoms with E-state index >= 15 is 0 Å². The third-order valence-electron chi connectivity index (χ3n) is 1.67. The SMILES string of the molecule is C#C[Si](C#C)(C#C)OS(=O)(=O)O[Si](C#C)(C#C)C#C. The van der Waals surface area contributed by atoms with Crippen molar-refractivity contribution >= 4 is 27.0 Å². The van der Waals surface area contributed by atoms with E-state index in [2.05, 4.69) is 7.74 Å². The minimum atomic E-state index is -4.70. The second-order valence-corrected chi connectivity index (χ2v) is 9.41. The topological polar surface area (TPSA) is 52.6 Å². The monoisotopic (exact) mass is 302 g/mol. The Morgan fingerprint density at radius 1 is 0.632 bits per heavy atom. The molecule has 0 atom stereocenters. The molecule has 7 heteroatoms. The van der Waals surface area contributed by atoms with Gasteiger partial charge in [-0.25, -0.2) is 0 Å². The Morgan fingerprint density at radius 3 is 1.00 bits per heavy atom. The molecule has 0 N–H and O–H groups in total. The summed E-state index contributed by atoms with van der Waals surface area (Å²) in [6.07, 6.45) is 30.4. The van der Waals surface area contributed by atoms with E-state index in [1.807, 2.05) is 33.3 Å². The van der Waals surface area contributed by atoms with Crippen LogP contribution in [0.3, 0.4) is 0 Å². The minimum absolute atomic E-state index is 1.96. The Morgan fingerprint density at radius 2 is 0.842 bits per heavy atom. The quantitative estimate of drug-likeness (QED) is 0.503. The van der Waals surface area contributed by atoms with E-state index in [1.165, 1.54) is 0 Å². The number of terminal acetylenes is 6. The minimum Gasteiger partial charge on any atom is -0.253 e. The lowest BCUT2D eigenvalue weighted by molar-refractivity contribution is 0.402. The van der Waals surface area contributed by atoms with Gasteiger partial charge in [0.2, 0.25) is 0 Å². The van der Waals surface area contributed by atoms with Crippen LogP contribution in [-0.4, -0.2) is 25.1 Å². The lowest BCUT2D eigenvalue weighted by atomic mass is 11.3. The molecule has 0 aromatic rings. The fraction of sp³-hybridized carbons (Fsp3) is 0. The molecule has 0 saturated heterocycles. The third kappa shape index (κ3) is 3.82. The van der Waals surface area contributed by atoms with E-state index in [0.29, 0.717) is 0 Å². The average Bonchev–Trinajstić information content (AvgIpc) is 2.42. The first-order valence-corrected chi connectivity index (χ1v) is 9.46. The summed E-state index contributed by atoms with van der Waals surface area (Å²) in [5, 5.41) is 0. The molecule has 19 heavy (non-hydrogen) atoms. The second kappa shape index (κ2) is 6.01. The molecule has 0 radical (unpaired) electrons. The average molecular weight is 302 g/mol. The molecule has 0 heterocycles. The summed E-state index contributed by atoms with van der Waals surface area (Å²) in [5.41, 5.74) is 11.7. The van der Waals surface area contributed by atoms with Crippen LogP contribution in [0.1, 0.15) is 0 Å². The van der Waals surface area contributed by atoms with E-state index < -0.39 is 27.0 Å². The van der Waals surface area contributed by atoms with Gasteiger partial charge in [0.05, 0.1) is 0 Å². The lowest BCUT2D eigenvalue weighted by Gasteiger charge is -2.16. The van der Waals surface area contributed by atoms with E-state index in [1.54, 1.807) is 0 Å². The Kier molecular flexibility index (Phi) is 5.28. The van der Waals surface area contributed by atoms with Gasteiger partial charge >= 0.3 is 27.0 Å². The first-order valence-electron chi connectivity index (χ1n) is 4.31. The van der Waals surface area contributed by atoms with Crippen molar-refractivity contribution in [2.45, 2.75) is 0 Å². The maximum Gasteiger partial charge on any atom is 0.454 e. The number of hydrogen-bond acceptors (Lipinski definition) is 4. The standard InChI is InChI=1S/C12H6O4SSi2/c1-7-18(8-2,9-3)15-17(13,14)16-19(10-4,11-5)12-6/h1-6H. The van der Waals surface area contributed by atoms with Gasteiger partial charge in [-0.15, -0.1) is 38.5 Å². The highest BCUT2D eigenvalue weighted by atomic mass is 32.3. The highest BCUT2D eigenvalue weighted by Gasteiger charge is 2.42. The van der Waals surface area contributed by atoms with Crippen molar-refractivity contribution in [3.8, 4) is 71.8 Å². The first kappa shape index (κ1) is 16.7. The molecule has 0 rings (SSSR count). The van der Waals surface area contributed by atoms with Gasteiger partial charge < -0.3 is 0 Å². The van der Waals surface area contributed by atoms with Crippen molar-refractivity contribution in [3.63, 3.8) is 0 Å². The summed E-state index contributed by atoms with van der Waals surface area (Å²) in [4.78, 5) is 0. The summed E-state index contributed by atoms with van der Waals surface area (Å²) in [6, 6.07) is 0. The zero-order valence-electron chi connectivity index (χ0n) is 9.51. The third-order valence-corrected chi connectivity index (χ3v) is 7.75. The van der Waals surface area contributed by atoms with Crippen molar-refractivity contribution in [3.05, 3.63) is 0 Å². The normalized spacial score (nSPS) is 10.6. The Hall–Kier alpha value is -2.34. The molecule has 0 saturated carbocycles. The molecule has 0 aliphatic heterocycles. The van der Waals surface area contributed by atoms with Crippen LogP contribution in [0.15, 0.2) is 0 Å². The van der Waals surface area contributed by atoms with Crippen LogP contribution in [0, 0.1) is 71.8 Å². The number of rotatable bonds is 4. The van der Waals surface area contributed by atoms with Crippen molar-refractivity contribution in [1.29, 1.82) is 0 Å². The molecule has 0 aromatic heterocycles. The molecule has 0 unspecified atom stereocenters. The smallest absolute Gasteiger partial charge is 0.253 e. The van der Waals surface area contributed by atoms with Crippen LogP contribution in [0.25, 0.3) is 0 Å². The zero-order valence-corrected chi connectivity index (χ0v) is 12.3. The van der Waals surface area contributed by atoms with Crippen molar-refractivity contribution < 1.29 is 16.2 Å². The van der Waals surface area contributed by atoms with Crippen LogP contribution in [-0.2, 0) is 18.1 Å². The predicted octanol–water partition coefficient (Wildman–Crippen LogP) is -0.810. The first-order chi connectivity index (χ1) is 8.78. The van der Waals surface area contributed by atoms with E-state index in [0.717, 1.165) is 0 Å². The van der Waals surface area contributed by atoms with Gasteiger partial charge in [0, 0.05) is 0 Å². The maximum atomic E-state index is 11.7. The van der Waals surface area contributed by atoms with Crippen LogP contribution < -0.4 is 0 Å². The summed E-state index contributed by atoms with van der Waals surface area (Å²) in [5.74, 6) is 0. The fourth-order valence-electron chi connectivity index (χ4n) is 0.718. The molecule has 0 aliphatic carbocycles. The summed E-state index contributed by atoms with van der Waals surface area (Å²) in [6.45, 7) is 0. The van der Waals surface area contributed by atoms with Gasteiger partial charge in [-0.1, -0.05) is 33.3 Å². The molecule has 0 spiro atoms. The van der Waals surface area contributed by atoms with Crippen LogP contribution in [0.4, 0.5) is 0 Å². The molecule has 0 amide bonds. The van der Waals surface area contributed by atoms with E-state index in [9.17, 15) is 8.42 Å². The van der Waals surface area contributed by atoms with Gasteiger partial charge in [-0.3, -0.25) is 7.74 Å². The van der Waals surface area contributed by atoms with Gasteiger partial charge in [0.15, 0.2) is 0 Å². The molecule has 0 aliphatic rings. The molecular weight excluding hydrogens is 296 g/mol. The predicted molar refractivity (Wildman–Crippen MR) is 75.6 cm³/mol. The number of hydrogen-bond donors (Lipinski definition) is 0. The summed E-state index contributed by atoms with van der Waals surface area (Å²) < 4.78 is 32.5. The van der Waals surface area contributed by atoms with Gasteiger partial charge in [0.25, 0.3) is 0 Å². The summed E-state index contributed by atoms with van der Waals surface area (Å²) in [7, 11) is -12.3. The largest absolute Gasteiger partial charge is 0.454 e. The van der Waals surface area contributed by atoms with Crippen LogP contribution in [0.2, 0.25) is 0 Å². The van der Waals surface area contributed by atoms with Gasteiger partial charge in [-0.2, -0.15) is 8.42 Å². The molecule has 92 valence electrons. The van der Waals surface area contributed by atoms with Gasteiger partial charge in [0.1, 0.15) is 0 Å². The lowest BCUT2D eigenvalue weighted by Crippen LogP contribution is -2.43. The Balaban J connectivity index is 5.55. The molecular formula is C12H6O4SSi2. The van der Waals surface area contributed by atoms with Gasteiger partial charge in [-0.05, 0) is 0 Å². The molecule has 0 bridgehead atoms. The van der Waals surface area contributed by atoms with E-state index in [-0.39, 0.29) is 0 Å². The van der Waals surface area contributed by atoms with Crippen LogP contribution in [0.5, 0.6) is 0 Å². The Bertz CT molecular complexity index is 593. The Labute approximate surface area is 115 Å². The second-order valence-electron chi connectivity index (χ2n) is 2.80.